The lowest BCUT2D eigenvalue weighted by Crippen LogP contribution is -2.23. The predicted molar refractivity (Wildman–Crippen MR) is 123 cm³/mol. The lowest BCUT2D eigenvalue weighted by molar-refractivity contribution is 0.0950. The van der Waals surface area contributed by atoms with Gasteiger partial charge in [-0.15, -0.1) is 0 Å². The Morgan fingerprint density at radius 2 is 1.84 bits per heavy atom. The van der Waals surface area contributed by atoms with Crippen LogP contribution in [0.3, 0.4) is 0 Å². The summed E-state index contributed by atoms with van der Waals surface area (Å²) in [6.45, 7) is 6.46. The molecule has 158 valence electrons. The van der Waals surface area contributed by atoms with E-state index in [9.17, 15) is 9.18 Å². The summed E-state index contributed by atoms with van der Waals surface area (Å²) in [7, 11) is 0. The molecule has 0 saturated heterocycles. The molecule has 4 aromatic rings. The molecule has 0 saturated carbocycles. The molecule has 2 N–H and O–H groups in total. The molecule has 0 aliphatic heterocycles. The summed E-state index contributed by atoms with van der Waals surface area (Å²) in [6.07, 6.45) is 1.44. The SMILES string of the molecule is CC(C)(C)c1ccc(C(=O)NCc2ccc(-c3ncnc4[nH]c(Br)cc34)cc2F)cc1. The highest BCUT2D eigenvalue weighted by molar-refractivity contribution is 9.10. The minimum Gasteiger partial charge on any atom is -0.348 e. The molecule has 5 nitrogen and oxygen atoms in total. The molecule has 0 bridgehead atoms. The van der Waals surface area contributed by atoms with Gasteiger partial charge in [-0.1, -0.05) is 45.0 Å². The third-order valence-electron chi connectivity index (χ3n) is 5.17. The number of halogens is 2. The molecular weight excluding hydrogens is 459 g/mol. The van der Waals surface area contributed by atoms with Crippen LogP contribution in [-0.2, 0) is 12.0 Å². The van der Waals surface area contributed by atoms with Gasteiger partial charge in [0.1, 0.15) is 17.8 Å². The first-order chi connectivity index (χ1) is 14.7. The van der Waals surface area contributed by atoms with Gasteiger partial charge in [-0.05, 0) is 51.2 Å². The van der Waals surface area contributed by atoms with Gasteiger partial charge in [0, 0.05) is 28.6 Å². The molecule has 2 aromatic carbocycles. The van der Waals surface area contributed by atoms with E-state index in [1.54, 1.807) is 24.3 Å². The summed E-state index contributed by atoms with van der Waals surface area (Å²) in [5.74, 6) is -0.638. The van der Waals surface area contributed by atoms with Gasteiger partial charge in [0.25, 0.3) is 5.91 Å². The first-order valence-electron chi connectivity index (χ1n) is 9.89. The minimum atomic E-state index is -0.401. The molecule has 0 aliphatic carbocycles. The van der Waals surface area contributed by atoms with Crippen molar-refractivity contribution in [3.63, 3.8) is 0 Å². The lowest BCUT2D eigenvalue weighted by Gasteiger charge is -2.19. The second-order valence-corrected chi connectivity index (χ2v) is 9.27. The zero-order chi connectivity index (χ0) is 22.2. The van der Waals surface area contributed by atoms with Crippen molar-refractivity contribution < 1.29 is 9.18 Å². The van der Waals surface area contributed by atoms with E-state index in [1.165, 1.54) is 12.4 Å². The van der Waals surface area contributed by atoms with Crippen LogP contribution in [-0.4, -0.2) is 20.9 Å². The van der Waals surface area contributed by atoms with Crippen molar-refractivity contribution in [3.05, 3.63) is 82.0 Å². The Kier molecular flexibility index (Phi) is 5.62. The molecule has 2 heterocycles. The monoisotopic (exact) mass is 480 g/mol. The highest BCUT2D eigenvalue weighted by Gasteiger charge is 2.15. The Labute approximate surface area is 188 Å². The quantitative estimate of drug-likeness (QED) is 0.390. The van der Waals surface area contributed by atoms with E-state index in [-0.39, 0.29) is 17.9 Å². The molecular formula is C24H22BrFN4O. The average Bonchev–Trinajstić information content (AvgIpc) is 3.12. The highest BCUT2D eigenvalue weighted by Crippen LogP contribution is 2.29. The molecule has 0 unspecified atom stereocenters. The summed E-state index contributed by atoms with van der Waals surface area (Å²) >= 11 is 3.39. The number of amides is 1. The molecule has 0 spiro atoms. The largest absolute Gasteiger partial charge is 0.348 e. The van der Waals surface area contributed by atoms with Gasteiger partial charge in [0.2, 0.25) is 0 Å². The van der Waals surface area contributed by atoms with E-state index < -0.39 is 5.82 Å². The summed E-state index contributed by atoms with van der Waals surface area (Å²) in [5.41, 5.74) is 4.08. The van der Waals surface area contributed by atoms with Gasteiger partial charge in [-0.2, -0.15) is 0 Å². The number of rotatable bonds is 4. The molecule has 4 rings (SSSR count). The van der Waals surface area contributed by atoms with E-state index in [0.29, 0.717) is 28.0 Å². The number of H-pyrrole nitrogens is 1. The number of nitrogens with zero attached hydrogens (tertiary/aromatic N) is 2. The van der Waals surface area contributed by atoms with Crippen molar-refractivity contribution in [2.24, 2.45) is 0 Å². The van der Waals surface area contributed by atoms with Crippen molar-refractivity contribution in [1.82, 2.24) is 20.3 Å². The highest BCUT2D eigenvalue weighted by atomic mass is 79.9. The van der Waals surface area contributed by atoms with Gasteiger partial charge in [0.15, 0.2) is 0 Å². The third kappa shape index (κ3) is 4.51. The number of aromatic nitrogens is 3. The number of benzene rings is 2. The first-order valence-corrected chi connectivity index (χ1v) is 10.7. The van der Waals surface area contributed by atoms with Gasteiger partial charge >= 0.3 is 0 Å². The van der Waals surface area contributed by atoms with Crippen LogP contribution in [0.5, 0.6) is 0 Å². The second-order valence-electron chi connectivity index (χ2n) is 8.42. The average molecular weight is 481 g/mol. The van der Waals surface area contributed by atoms with Crippen LogP contribution in [0.2, 0.25) is 0 Å². The minimum absolute atomic E-state index is 0.0195. The number of hydrogen-bond donors (Lipinski definition) is 2. The number of carbonyl (C=O) groups is 1. The molecule has 1 amide bonds. The predicted octanol–water partition coefficient (Wildman–Crippen LogP) is 5.75. The van der Waals surface area contributed by atoms with E-state index >= 15 is 0 Å². The van der Waals surface area contributed by atoms with Gasteiger partial charge in [0.05, 0.1) is 10.3 Å². The maximum atomic E-state index is 14.8. The van der Waals surface area contributed by atoms with Crippen molar-refractivity contribution in [3.8, 4) is 11.3 Å². The fourth-order valence-corrected chi connectivity index (χ4v) is 3.79. The zero-order valence-corrected chi connectivity index (χ0v) is 19.0. The maximum Gasteiger partial charge on any atom is 0.251 e. The summed E-state index contributed by atoms with van der Waals surface area (Å²) < 4.78 is 15.5. The normalized spacial score (nSPS) is 11.6. The zero-order valence-electron chi connectivity index (χ0n) is 17.5. The Bertz CT molecular complexity index is 1260. The van der Waals surface area contributed by atoms with Crippen LogP contribution in [0.25, 0.3) is 22.3 Å². The van der Waals surface area contributed by atoms with Crippen molar-refractivity contribution in [1.29, 1.82) is 0 Å². The van der Waals surface area contributed by atoms with Crippen molar-refractivity contribution >= 4 is 32.9 Å². The fourth-order valence-electron chi connectivity index (χ4n) is 3.38. The van der Waals surface area contributed by atoms with E-state index in [2.05, 4.69) is 57.0 Å². The Hall–Kier alpha value is -3.06. The van der Waals surface area contributed by atoms with Crippen molar-refractivity contribution in [2.45, 2.75) is 32.7 Å². The van der Waals surface area contributed by atoms with E-state index in [0.717, 1.165) is 15.6 Å². The molecule has 0 fully saturated rings. The summed E-state index contributed by atoms with van der Waals surface area (Å²) in [6, 6.07) is 14.3. The van der Waals surface area contributed by atoms with E-state index in [1.807, 2.05) is 18.2 Å². The Morgan fingerprint density at radius 3 is 2.52 bits per heavy atom. The molecule has 0 aliphatic rings. The van der Waals surface area contributed by atoms with Gasteiger partial charge < -0.3 is 10.3 Å². The number of carbonyl (C=O) groups excluding carboxylic acids is 1. The number of aromatic amines is 1. The fraction of sp³-hybridized carbons (Fsp3) is 0.208. The number of nitrogens with one attached hydrogen (secondary N) is 2. The standard InChI is InChI=1S/C24H22BrFN4O/c1-24(2,3)17-8-6-14(7-9-17)23(31)27-12-16-5-4-15(10-19(16)26)21-18-11-20(25)30-22(18)29-13-28-21/h4-11,13H,12H2,1-3H3,(H,27,31)(H,28,29,30). The van der Waals surface area contributed by atoms with Crippen molar-refractivity contribution in [2.75, 3.05) is 0 Å². The number of fused-ring (bicyclic) bond motifs is 1. The lowest BCUT2D eigenvalue weighted by atomic mass is 9.87. The van der Waals surface area contributed by atoms with Crippen LogP contribution >= 0.6 is 15.9 Å². The molecule has 2 aromatic heterocycles. The molecule has 0 atom stereocenters. The van der Waals surface area contributed by atoms with E-state index in [4.69, 9.17) is 0 Å². The summed E-state index contributed by atoms with van der Waals surface area (Å²) in [4.78, 5) is 24.0. The number of hydrogen-bond acceptors (Lipinski definition) is 3. The maximum absolute atomic E-state index is 14.8. The van der Waals surface area contributed by atoms with Crippen LogP contribution in [0.4, 0.5) is 4.39 Å². The van der Waals surface area contributed by atoms with Crippen LogP contribution in [0.1, 0.15) is 42.3 Å². The molecule has 31 heavy (non-hydrogen) atoms. The van der Waals surface area contributed by atoms with Crippen LogP contribution < -0.4 is 5.32 Å². The first kappa shape index (κ1) is 21.2. The van der Waals surface area contributed by atoms with Crippen LogP contribution in [0.15, 0.2) is 59.5 Å². The van der Waals surface area contributed by atoms with Gasteiger partial charge in [-0.25, -0.2) is 14.4 Å². The smallest absolute Gasteiger partial charge is 0.251 e. The van der Waals surface area contributed by atoms with Gasteiger partial charge in [-0.3, -0.25) is 4.79 Å². The second kappa shape index (κ2) is 8.23. The Morgan fingerprint density at radius 1 is 1.10 bits per heavy atom. The third-order valence-corrected chi connectivity index (χ3v) is 5.60. The Balaban J connectivity index is 1.49. The topological polar surface area (TPSA) is 70.7 Å². The molecule has 7 heteroatoms. The molecule has 0 radical (unpaired) electrons. The summed E-state index contributed by atoms with van der Waals surface area (Å²) in [5, 5.41) is 3.59. The van der Waals surface area contributed by atoms with Crippen LogP contribution in [0, 0.1) is 5.82 Å².